The standard InChI is InChI=1S/C21H24O10.C5H11N3/c22-9-16-18(27)19(28)20(29)21(31-16)30-15-8-12(24)7-14(26)17(15)13(25)6-3-10-1-4-11(23)5-2-10;1-5(2)3-4-7-8-6/h1-2,4-5,7-8,16,18-24,26-29H,3,6,9H2;5H,3-4H2,1-2H3/t16-,18-,19+,20-,21-;/m1./s1. The van der Waals surface area contributed by atoms with E-state index in [1.54, 1.807) is 12.1 Å². The van der Waals surface area contributed by atoms with Gasteiger partial charge >= 0.3 is 0 Å². The fourth-order valence-electron chi connectivity index (χ4n) is 3.66. The molecule has 0 bridgehead atoms. The first-order chi connectivity index (χ1) is 18.5. The van der Waals surface area contributed by atoms with Crippen molar-refractivity contribution in [1.82, 2.24) is 0 Å². The molecule has 1 saturated heterocycles. The molecule has 0 saturated carbocycles. The van der Waals surface area contributed by atoms with E-state index in [0.717, 1.165) is 24.1 Å². The van der Waals surface area contributed by atoms with Gasteiger partial charge in [0.1, 0.15) is 53.0 Å². The fraction of sp³-hybridized carbons (Fsp3) is 0.500. The van der Waals surface area contributed by atoms with Gasteiger partial charge in [0, 0.05) is 30.0 Å². The third-order valence-corrected chi connectivity index (χ3v) is 5.88. The summed E-state index contributed by atoms with van der Waals surface area (Å²) >= 11 is 0. The van der Waals surface area contributed by atoms with Crippen LogP contribution in [-0.4, -0.2) is 85.4 Å². The van der Waals surface area contributed by atoms with E-state index in [-0.39, 0.29) is 23.5 Å². The number of benzene rings is 2. The lowest BCUT2D eigenvalue weighted by atomic mass is 9.99. The number of aromatic hydroxyl groups is 3. The highest BCUT2D eigenvalue weighted by Gasteiger charge is 2.45. The molecule has 0 aliphatic carbocycles. The molecule has 1 aliphatic rings. The molecular formula is C26H35N3O10. The topological polar surface area (TPSA) is 226 Å². The largest absolute Gasteiger partial charge is 0.508 e. The maximum absolute atomic E-state index is 12.8. The van der Waals surface area contributed by atoms with Crippen LogP contribution in [0.2, 0.25) is 0 Å². The van der Waals surface area contributed by atoms with Crippen molar-refractivity contribution in [1.29, 1.82) is 0 Å². The van der Waals surface area contributed by atoms with Gasteiger partial charge < -0.3 is 45.2 Å². The molecule has 5 atom stereocenters. The maximum atomic E-state index is 12.8. The Balaban J connectivity index is 0.000000580. The number of carbonyl (C=O) groups is 1. The summed E-state index contributed by atoms with van der Waals surface area (Å²) in [7, 11) is 0. The number of ether oxygens (including phenoxy) is 2. The Labute approximate surface area is 225 Å². The van der Waals surface area contributed by atoms with Gasteiger partial charge in [-0.05, 0) is 42.0 Å². The number of rotatable bonds is 10. The van der Waals surface area contributed by atoms with Crippen LogP contribution in [0.3, 0.4) is 0 Å². The number of phenols is 3. The van der Waals surface area contributed by atoms with Crippen molar-refractivity contribution in [3.63, 3.8) is 0 Å². The lowest BCUT2D eigenvalue weighted by Gasteiger charge is -2.39. The van der Waals surface area contributed by atoms with Gasteiger partial charge in [-0.3, -0.25) is 4.79 Å². The zero-order chi connectivity index (χ0) is 29.1. The molecule has 7 N–H and O–H groups in total. The predicted molar refractivity (Wildman–Crippen MR) is 138 cm³/mol. The number of hydrogen-bond donors (Lipinski definition) is 7. The molecule has 13 heteroatoms. The average molecular weight is 550 g/mol. The Morgan fingerprint density at radius 2 is 1.72 bits per heavy atom. The second-order valence-electron chi connectivity index (χ2n) is 9.38. The van der Waals surface area contributed by atoms with Crippen LogP contribution in [0.15, 0.2) is 41.5 Å². The number of hydrogen-bond acceptors (Lipinski definition) is 11. The fourth-order valence-corrected chi connectivity index (χ4v) is 3.66. The van der Waals surface area contributed by atoms with E-state index in [2.05, 4.69) is 23.9 Å². The molecule has 0 radical (unpaired) electrons. The molecule has 13 nitrogen and oxygen atoms in total. The summed E-state index contributed by atoms with van der Waals surface area (Å²) < 4.78 is 10.7. The normalized spacial score (nSPS) is 22.4. The SMILES string of the molecule is CC(C)CCN=[N+]=[N-].O=C(CCc1ccc(O)cc1)c1c(O)cc(O)cc1O[C@@H]1O[C@H](CO)[C@@H](O)[C@H](O)[C@H]1O. The van der Waals surface area contributed by atoms with E-state index in [0.29, 0.717) is 18.9 Å². The Bertz CT molecular complexity index is 1120. The highest BCUT2D eigenvalue weighted by Crippen LogP contribution is 2.36. The third kappa shape index (κ3) is 9.29. The zero-order valence-corrected chi connectivity index (χ0v) is 21.7. The van der Waals surface area contributed by atoms with Crippen LogP contribution >= 0.6 is 0 Å². The number of carbonyl (C=O) groups excluding carboxylic acids is 1. The first-order valence-corrected chi connectivity index (χ1v) is 12.3. The molecule has 39 heavy (non-hydrogen) atoms. The van der Waals surface area contributed by atoms with E-state index >= 15 is 0 Å². The monoisotopic (exact) mass is 549 g/mol. The van der Waals surface area contributed by atoms with E-state index < -0.39 is 54.6 Å². The van der Waals surface area contributed by atoms with Crippen molar-refractivity contribution in [3.05, 3.63) is 58.0 Å². The van der Waals surface area contributed by atoms with Crippen LogP contribution in [0.1, 0.15) is 42.6 Å². The number of aryl methyl sites for hydroxylation is 1. The van der Waals surface area contributed by atoms with Crippen LogP contribution in [0.25, 0.3) is 10.4 Å². The quantitative estimate of drug-likeness (QED) is 0.0988. The zero-order valence-electron chi connectivity index (χ0n) is 21.7. The number of Topliss-reactive ketones (excluding diaryl/α,β-unsaturated/α-hetero) is 1. The van der Waals surface area contributed by atoms with Crippen molar-refractivity contribution in [2.24, 2.45) is 11.0 Å². The van der Waals surface area contributed by atoms with Gasteiger partial charge in [-0.15, -0.1) is 0 Å². The lowest BCUT2D eigenvalue weighted by molar-refractivity contribution is -0.277. The summed E-state index contributed by atoms with van der Waals surface area (Å²) in [6, 6.07) is 8.23. The highest BCUT2D eigenvalue weighted by molar-refractivity contribution is 6.01. The molecule has 0 unspecified atom stereocenters. The molecule has 2 aromatic rings. The third-order valence-electron chi connectivity index (χ3n) is 5.88. The van der Waals surface area contributed by atoms with Gasteiger partial charge in [-0.2, -0.15) is 0 Å². The van der Waals surface area contributed by atoms with Gasteiger partial charge in [-0.25, -0.2) is 0 Å². The smallest absolute Gasteiger partial charge is 0.229 e. The second kappa shape index (κ2) is 15.1. The van der Waals surface area contributed by atoms with E-state index in [1.165, 1.54) is 12.1 Å². The van der Waals surface area contributed by atoms with Gasteiger partial charge in [0.25, 0.3) is 0 Å². The van der Waals surface area contributed by atoms with Gasteiger partial charge in [0.15, 0.2) is 5.78 Å². The molecule has 1 fully saturated rings. The Hall–Kier alpha value is -3.58. The minimum atomic E-state index is -1.73. The van der Waals surface area contributed by atoms with Crippen LogP contribution in [0, 0.1) is 5.92 Å². The first-order valence-electron chi connectivity index (χ1n) is 12.3. The molecule has 0 amide bonds. The maximum Gasteiger partial charge on any atom is 0.229 e. The summed E-state index contributed by atoms with van der Waals surface area (Å²) in [5, 5.41) is 72.0. The van der Waals surface area contributed by atoms with Crippen LogP contribution < -0.4 is 4.74 Å². The minimum Gasteiger partial charge on any atom is -0.508 e. The van der Waals surface area contributed by atoms with E-state index in [1.807, 2.05) is 0 Å². The number of aliphatic hydroxyl groups excluding tert-OH is 4. The van der Waals surface area contributed by atoms with Crippen molar-refractivity contribution in [3.8, 4) is 23.0 Å². The number of ketones is 1. The van der Waals surface area contributed by atoms with Crippen molar-refractivity contribution < 1.29 is 50.0 Å². The first kappa shape index (κ1) is 31.6. The molecule has 2 aromatic carbocycles. The molecular weight excluding hydrogens is 514 g/mol. The summed E-state index contributed by atoms with van der Waals surface area (Å²) in [6.07, 6.45) is -6.62. The average Bonchev–Trinajstić information content (AvgIpc) is 2.88. The minimum absolute atomic E-state index is 0.0475. The van der Waals surface area contributed by atoms with Gasteiger partial charge in [-0.1, -0.05) is 31.1 Å². The number of azide groups is 1. The van der Waals surface area contributed by atoms with E-state index in [9.17, 15) is 40.5 Å². The molecule has 0 spiro atoms. The molecule has 1 aliphatic heterocycles. The van der Waals surface area contributed by atoms with Crippen molar-refractivity contribution >= 4 is 5.78 Å². The van der Waals surface area contributed by atoms with Crippen LogP contribution in [0.4, 0.5) is 0 Å². The summed E-state index contributed by atoms with van der Waals surface area (Å²) in [5.41, 5.74) is 8.33. The second-order valence-corrected chi connectivity index (χ2v) is 9.38. The van der Waals surface area contributed by atoms with Crippen LogP contribution in [-0.2, 0) is 11.2 Å². The van der Waals surface area contributed by atoms with Crippen molar-refractivity contribution in [2.75, 3.05) is 13.2 Å². The van der Waals surface area contributed by atoms with E-state index in [4.69, 9.17) is 15.0 Å². The number of phenolic OH excluding ortho intramolecular Hbond substituents is 3. The molecule has 1 heterocycles. The summed E-state index contributed by atoms with van der Waals surface area (Å²) in [6.45, 7) is 4.17. The lowest BCUT2D eigenvalue weighted by Crippen LogP contribution is -2.60. The predicted octanol–water partition coefficient (Wildman–Crippen LogP) is 2.14. The summed E-state index contributed by atoms with van der Waals surface area (Å²) in [5.74, 6) is -1.10. The number of nitrogens with zero attached hydrogens (tertiary/aromatic N) is 3. The molecule has 3 rings (SSSR count). The number of aliphatic hydroxyl groups is 4. The van der Waals surface area contributed by atoms with Gasteiger partial charge in [0.2, 0.25) is 6.29 Å². The Kier molecular flexibility index (Phi) is 12.3. The molecule has 0 aromatic heterocycles. The highest BCUT2D eigenvalue weighted by atomic mass is 16.7. The van der Waals surface area contributed by atoms with Gasteiger partial charge in [0.05, 0.1) is 6.61 Å². The Morgan fingerprint density at radius 1 is 1.05 bits per heavy atom. The molecule has 214 valence electrons. The van der Waals surface area contributed by atoms with Crippen molar-refractivity contribution in [2.45, 2.75) is 63.8 Å². The summed E-state index contributed by atoms with van der Waals surface area (Å²) in [4.78, 5) is 15.4. The Morgan fingerprint density at radius 3 is 2.31 bits per heavy atom. The van der Waals surface area contributed by atoms with Crippen LogP contribution in [0.5, 0.6) is 23.0 Å².